The number of carbonyl (C=O) groups is 3. The summed E-state index contributed by atoms with van der Waals surface area (Å²) in [4.78, 5) is 45.6. The molecule has 54 heavy (non-hydrogen) atoms. The quantitative estimate of drug-likeness (QED) is 0.0373. The minimum atomic E-state index is -4.65. The van der Waals surface area contributed by atoms with Gasteiger partial charge in [0.25, 0.3) is 0 Å². The number of aryl methyl sites for hydroxylation is 1. The average Bonchev–Trinajstić information content (AvgIpc) is 3.50. The van der Waals surface area contributed by atoms with Crippen LogP contribution in [0.4, 0.5) is 18.0 Å². The lowest BCUT2D eigenvalue weighted by atomic mass is 9.73. The van der Waals surface area contributed by atoms with Gasteiger partial charge in [-0.15, -0.1) is 17.9 Å². The molecule has 0 bridgehead atoms. The van der Waals surface area contributed by atoms with Gasteiger partial charge in [0.1, 0.15) is 24.6 Å². The Kier molecular flexibility index (Phi) is 20.3. The van der Waals surface area contributed by atoms with Crippen molar-refractivity contribution < 1.29 is 46.2 Å². The first-order valence-corrected chi connectivity index (χ1v) is 22.4. The van der Waals surface area contributed by atoms with Crippen LogP contribution in [0.3, 0.4) is 0 Å². The van der Waals surface area contributed by atoms with Crippen molar-refractivity contribution in [3.8, 4) is 0 Å². The van der Waals surface area contributed by atoms with Gasteiger partial charge in [0.2, 0.25) is 3.79 Å². The van der Waals surface area contributed by atoms with Crippen LogP contribution >= 0.6 is 46.1 Å². The minimum absolute atomic E-state index is 0.297. The van der Waals surface area contributed by atoms with E-state index in [1.54, 1.807) is 52.2 Å². The maximum absolute atomic E-state index is 14.6. The number of carbonyl (C=O) groups excluding carboxylic acids is 3. The molecular weight excluding hydrogens is 806 g/mol. The zero-order valence-corrected chi connectivity index (χ0v) is 36.7. The maximum atomic E-state index is 14.6. The van der Waals surface area contributed by atoms with Gasteiger partial charge in [0.05, 0.1) is 34.7 Å². The van der Waals surface area contributed by atoms with Gasteiger partial charge in [-0.05, 0) is 56.0 Å². The summed E-state index contributed by atoms with van der Waals surface area (Å²) in [5.41, 5.74) is -1.28. The third-order valence-electron chi connectivity index (χ3n) is 9.60. The number of allylic oxidation sites excluding steroid dienone is 3. The molecule has 1 heterocycles. The van der Waals surface area contributed by atoms with Crippen molar-refractivity contribution in [1.29, 1.82) is 0 Å². The van der Waals surface area contributed by atoms with E-state index in [-0.39, 0.29) is 24.5 Å². The standard InChI is InChI=1S/C38H55Cl3F3NO7SSi/c1-12-17-24(6)33(51-35(48)49-23-37(39,40)41)26(8)34(47)36(10,11)31(52-54(14-3,15-4)16-5)21-32(46)50-30(19-18-28(13-2)38(42,43)44)25(7)20-29-22-53-27(9)45-29/h12-13,18,20,22,24,26,30-31,33H,1-2,14-17,19,21,23H2,3-11H3/b25-20+,28-18+/t24-,26?,30-,31-,33-/m0/s1. The summed E-state index contributed by atoms with van der Waals surface area (Å²) >= 11 is 18.6. The van der Waals surface area contributed by atoms with E-state index in [2.05, 4.69) is 18.1 Å². The number of rotatable bonds is 22. The van der Waals surface area contributed by atoms with E-state index < -0.39 is 72.2 Å². The first kappa shape index (κ1) is 49.9. The molecule has 16 heteroatoms. The zero-order chi connectivity index (χ0) is 41.7. The molecule has 306 valence electrons. The molecule has 1 unspecified atom stereocenters. The van der Waals surface area contributed by atoms with E-state index in [9.17, 15) is 27.6 Å². The van der Waals surface area contributed by atoms with Crippen LogP contribution in [-0.2, 0) is 28.2 Å². The van der Waals surface area contributed by atoms with Gasteiger partial charge in [-0.25, -0.2) is 9.78 Å². The number of thiazole rings is 1. The number of ketones is 1. The van der Waals surface area contributed by atoms with Crippen molar-refractivity contribution in [1.82, 2.24) is 4.98 Å². The van der Waals surface area contributed by atoms with E-state index in [1.807, 2.05) is 27.7 Å². The monoisotopic (exact) mass is 859 g/mol. The summed E-state index contributed by atoms with van der Waals surface area (Å²) in [5.74, 6) is -2.45. The summed E-state index contributed by atoms with van der Waals surface area (Å²) in [6.45, 7) is 22.7. The largest absolute Gasteiger partial charge is 0.508 e. The highest BCUT2D eigenvalue weighted by atomic mass is 35.6. The molecule has 1 aromatic rings. The van der Waals surface area contributed by atoms with Crippen LogP contribution in [0.2, 0.25) is 18.1 Å². The molecular formula is C38H55Cl3F3NO7SSi. The van der Waals surface area contributed by atoms with Crippen LogP contribution in [-0.4, -0.2) is 66.1 Å². The molecule has 0 aromatic carbocycles. The van der Waals surface area contributed by atoms with Crippen LogP contribution in [0.15, 0.2) is 47.9 Å². The lowest BCUT2D eigenvalue weighted by Crippen LogP contribution is -2.52. The average molecular weight is 861 g/mol. The number of hydrogen-bond donors (Lipinski definition) is 0. The summed E-state index contributed by atoms with van der Waals surface area (Å²) < 4.78 is 62.4. The fourth-order valence-corrected chi connectivity index (χ4v) is 9.76. The topological polar surface area (TPSA) is 101 Å². The molecule has 0 N–H and O–H groups in total. The minimum Gasteiger partial charge on any atom is -0.457 e. The second-order valence-corrected chi connectivity index (χ2v) is 22.2. The highest BCUT2D eigenvalue weighted by molar-refractivity contribution is 7.09. The third kappa shape index (κ3) is 15.8. The molecule has 0 aliphatic rings. The number of alkyl halides is 6. The molecule has 0 fully saturated rings. The smallest absolute Gasteiger partial charge is 0.457 e. The summed E-state index contributed by atoms with van der Waals surface area (Å²) in [7, 11) is -2.50. The molecule has 8 nitrogen and oxygen atoms in total. The number of ether oxygens (including phenoxy) is 3. The SMILES string of the molecule is C=CC[C@H](C)[C@H](OC(=O)OCC(Cl)(Cl)Cl)C(C)C(=O)C(C)(C)[C@H](CC(=O)O[C@@H](C/C=C(\C=C)C(F)(F)F)/C(C)=C/c1csc(C)n1)O[Si](CC)(CC)CC. The maximum Gasteiger partial charge on any atom is 0.508 e. The predicted molar refractivity (Wildman–Crippen MR) is 214 cm³/mol. The van der Waals surface area contributed by atoms with Crippen LogP contribution in [0.5, 0.6) is 0 Å². The molecule has 0 radical (unpaired) electrons. The van der Waals surface area contributed by atoms with E-state index >= 15 is 0 Å². The van der Waals surface area contributed by atoms with E-state index in [0.717, 1.165) is 11.1 Å². The summed E-state index contributed by atoms with van der Waals surface area (Å²) in [5, 5.41) is 2.58. The fourth-order valence-electron chi connectivity index (χ4n) is 6.04. The lowest BCUT2D eigenvalue weighted by molar-refractivity contribution is -0.153. The molecule has 0 saturated carbocycles. The molecule has 1 aromatic heterocycles. The Hall–Kier alpha value is -2.16. The van der Waals surface area contributed by atoms with Crippen molar-refractivity contribution >= 4 is 78.4 Å². The number of aromatic nitrogens is 1. The normalized spacial score (nSPS) is 16.1. The summed E-state index contributed by atoms with van der Waals surface area (Å²) in [6.07, 6.45) is -4.25. The molecule has 0 saturated heterocycles. The molecule has 0 aliphatic carbocycles. The number of Topliss-reactive ketones (excluding diaryl/α,β-unsaturated/α-hetero) is 1. The molecule has 0 spiro atoms. The number of hydrogen-bond acceptors (Lipinski definition) is 9. The third-order valence-corrected chi connectivity index (χ3v) is 15.4. The Morgan fingerprint density at radius 3 is 2.07 bits per heavy atom. The van der Waals surface area contributed by atoms with Crippen LogP contribution < -0.4 is 0 Å². The second-order valence-electron chi connectivity index (χ2n) is 13.9. The molecule has 1 rings (SSSR count). The number of halogens is 6. The highest BCUT2D eigenvalue weighted by Crippen LogP contribution is 2.38. The van der Waals surface area contributed by atoms with Gasteiger partial charge >= 0.3 is 18.3 Å². The first-order chi connectivity index (χ1) is 24.9. The highest BCUT2D eigenvalue weighted by Gasteiger charge is 2.48. The van der Waals surface area contributed by atoms with E-state index in [4.69, 9.17) is 53.4 Å². The van der Waals surface area contributed by atoms with Crippen molar-refractivity contribution in [2.75, 3.05) is 6.61 Å². The Bertz CT molecular complexity index is 1480. The zero-order valence-electron chi connectivity index (χ0n) is 32.6. The van der Waals surface area contributed by atoms with Gasteiger partial charge < -0.3 is 18.6 Å². The second kappa shape index (κ2) is 22.0. The van der Waals surface area contributed by atoms with Crippen LogP contribution in [0.1, 0.15) is 85.4 Å². The van der Waals surface area contributed by atoms with Crippen molar-refractivity contribution in [2.24, 2.45) is 17.3 Å². The number of esters is 1. The Morgan fingerprint density at radius 1 is 1.02 bits per heavy atom. The first-order valence-electron chi connectivity index (χ1n) is 17.8. The lowest BCUT2D eigenvalue weighted by Gasteiger charge is -2.42. The van der Waals surface area contributed by atoms with Gasteiger partial charge in [0, 0.05) is 17.2 Å². The van der Waals surface area contributed by atoms with Crippen molar-refractivity contribution in [3.63, 3.8) is 0 Å². The Morgan fingerprint density at radius 2 is 1.61 bits per heavy atom. The van der Waals surface area contributed by atoms with Crippen LogP contribution in [0, 0.1) is 24.2 Å². The molecule has 5 atom stereocenters. The van der Waals surface area contributed by atoms with Gasteiger partial charge in [-0.3, -0.25) is 9.59 Å². The van der Waals surface area contributed by atoms with Crippen LogP contribution in [0.25, 0.3) is 6.08 Å². The summed E-state index contributed by atoms with van der Waals surface area (Å²) in [6, 6.07) is 2.10. The van der Waals surface area contributed by atoms with Gasteiger partial charge in [-0.2, -0.15) is 13.2 Å². The van der Waals surface area contributed by atoms with Gasteiger partial charge in [0.15, 0.2) is 8.32 Å². The molecule has 0 amide bonds. The fraction of sp³-hybridized carbons (Fsp3) is 0.632. The van der Waals surface area contributed by atoms with E-state index in [0.29, 0.717) is 41.9 Å². The Balaban J connectivity index is 3.63. The van der Waals surface area contributed by atoms with E-state index in [1.165, 1.54) is 11.3 Å². The number of nitrogens with zero attached hydrogens (tertiary/aromatic N) is 1. The van der Waals surface area contributed by atoms with Crippen molar-refractivity contribution in [2.45, 2.75) is 128 Å². The molecule has 0 aliphatic heterocycles. The van der Waals surface area contributed by atoms with Crippen molar-refractivity contribution in [3.05, 3.63) is 58.6 Å². The van der Waals surface area contributed by atoms with Gasteiger partial charge in [-0.1, -0.05) is 108 Å². The Labute approximate surface area is 338 Å². The predicted octanol–water partition coefficient (Wildman–Crippen LogP) is 11.9.